The Kier molecular flexibility index (Phi) is 4.49. The van der Waals surface area contributed by atoms with E-state index >= 15 is 0 Å². The summed E-state index contributed by atoms with van der Waals surface area (Å²) in [5.74, 6) is 0.111. The molecule has 0 saturated carbocycles. The Labute approximate surface area is 128 Å². The third-order valence-corrected chi connectivity index (χ3v) is 4.11. The molecule has 3 rings (SSSR count). The number of nitrogens with zero attached hydrogens (tertiary/aromatic N) is 3. The average Bonchev–Trinajstić information content (AvgIpc) is 2.53. The van der Waals surface area contributed by atoms with Crippen LogP contribution >= 0.6 is 0 Å². The number of pyridine rings is 2. The third-order valence-electron chi connectivity index (χ3n) is 4.11. The largest absolute Gasteiger partial charge is 0.481 e. The number of hydrogen-bond donors (Lipinski definition) is 1. The summed E-state index contributed by atoms with van der Waals surface area (Å²) < 4.78 is 19.3. The molecule has 0 aromatic carbocycles. The summed E-state index contributed by atoms with van der Waals surface area (Å²) in [5.41, 5.74) is 1.77. The monoisotopic (exact) mass is 305 g/mol. The van der Waals surface area contributed by atoms with Gasteiger partial charge in [0.25, 0.3) is 0 Å². The van der Waals surface area contributed by atoms with Crippen LogP contribution in [0.3, 0.4) is 0 Å². The van der Waals surface area contributed by atoms with Crippen LogP contribution in [0, 0.1) is 5.82 Å². The molecule has 118 valence electrons. The summed E-state index contributed by atoms with van der Waals surface area (Å²) in [4.78, 5) is 10.6. The highest BCUT2D eigenvalue weighted by atomic mass is 19.1. The van der Waals surface area contributed by atoms with E-state index in [9.17, 15) is 9.50 Å². The molecule has 1 N–H and O–H groups in total. The lowest BCUT2D eigenvalue weighted by Gasteiger charge is -2.29. The molecule has 0 aliphatic carbocycles. The fourth-order valence-electron chi connectivity index (χ4n) is 2.93. The molecule has 22 heavy (non-hydrogen) atoms. The van der Waals surface area contributed by atoms with Crippen molar-refractivity contribution in [2.45, 2.75) is 25.4 Å². The molecule has 0 bridgehead atoms. The summed E-state index contributed by atoms with van der Waals surface area (Å²) in [5, 5.41) is 9.72. The number of halogens is 1. The first-order valence-electron chi connectivity index (χ1n) is 7.56. The number of aromatic nitrogens is 2. The Balaban J connectivity index is 1.83. The molecule has 0 spiro atoms. The third kappa shape index (κ3) is 3.18. The zero-order chi connectivity index (χ0) is 15.5. The van der Waals surface area contributed by atoms with Gasteiger partial charge in [-0.25, -0.2) is 9.37 Å². The summed E-state index contributed by atoms with van der Waals surface area (Å²) in [6, 6.07) is 3.51. The molecule has 0 amide bonds. The second-order valence-electron chi connectivity index (χ2n) is 5.65. The van der Waals surface area contributed by atoms with Crippen molar-refractivity contribution in [1.29, 1.82) is 0 Å². The predicted octanol–water partition coefficient (Wildman–Crippen LogP) is 1.78. The summed E-state index contributed by atoms with van der Waals surface area (Å²) in [6.07, 6.45) is 3.34. The van der Waals surface area contributed by atoms with Gasteiger partial charge in [0.2, 0.25) is 5.88 Å². The van der Waals surface area contributed by atoms with Crippen molar-refractivity contribution in [3.8, 4) is 5.88 Å². The fourth-order valence-corrected chi connectivity index (χ4v) is 2.93. The predicted molar refractivity (Wildman–Crippen MR) is 81.4 cm³/mol. The van der Waals surface area contributed by atoms with Gasteiger partial charge in [-0.3, -0.25) is 4.98 Å². The van der Waals surface area contributed by atoms with Crippen LogP contribution in [0.25, 0.3) is 11.0 Å². The second-order valence-corrected chi connectivity index (χ2v) is 5.65. The number of aliphatic hydroxyl groups is 1. The van der Waals surface area contributed by atoms with Gasteiger partial charge in [-0.2, -0.15) is 0 Å². The number of likely N-dealkylation sites (tertiary alicyclic amines) is 1. The van der Waals surface area contributed by atoms with Gasteiger partial charge in [-0.15, -0.1) is 0 Å². The van der Waals surface area contributed by atoms with Gasteiger partial charge in [-0.1, -0.05) is 0 Å². The average molecular weight is 305 g/mol. The van der Waals surface area contributed by atoms with Crippen LogP contribution in [0.5, 0.6) is 5.88 Å². The van der Waals surface area contributed by atoms with Gasteiger partial charge in [0.05, 0.1) is 30.4 Å². The molecule has 1 unspecified atom stereocenters. The fraction of sp³-hybridized carbons (Fsp3) is 0.500. The Morgan fingerprint density at radius 2 is 2.32 bits per heavy atom. The van der Waals surface area contributed by atoms with E-state index in [1.54, 1.807) is 12.1 Å². The van der Waals surface area contributed by atoms with Crippen molar-refractivity contribution in [1.82, 2.24) is 14.9 Å². The first-order chi connectivity index (χ1) is 10.7. The van der Waals surface area contributed by atoms with E-state index in [4.69, 9.17) is 4.74 Å². The lowest BCUT2D eigenvalue weighted by atomic mass is 10.1. The topological polar surface area (TPSA) is 58.5 Å². The molecule has 2 aromatic rings. The SMILES string of the molecule is COc1ccc2ncc(F)c(CCN3CCCC(O)C3)c2n1. The zero-order valence-corrected chi connectivity index (χ0v) is 12.6. The Bertz CT molecular complexity index is 665. The van der Waals surface area contributed by atoms with Crippen LogP contribution in [0.15, 0.2) is 18.3 Å². The standard InChI is InChI=1S/C16H20FN3O2/c1-22-15-5-4-14-16(19-15)12(13(17)9-18-14)6-8-20-7-2-3-11(21)10-20/h4-5,9,11,21H,2-3,6-8,10H2,1H3. The highest BCUT2D eigenvalue weighted by molar-refractivity contribution is 5.78. The highest BCUT2D eigenvalue weighted by Crippen LogP contribution is 2.22. The zero-order valence-electron chi connectivity index (χ0n) is 12.6. The first-order valence-corrected chi connectivity index (χ1v) is 7.56. The Morgan fingerprint density at radius 1 is 1.45 bits per heavy atom. The van der Waals surface area contributed by atoms with Crippen LogP contribution in [0.1, 0.15) is 18.4 Å². The highest BCUT2D eigenvalue weighted by Gasteiger charge is 2.19. The van der Waals surface area contributed by atoms with Gasteiger partial charge in [0, 0.05) is 24.7 Å². The molecular weight excluding hydrogens is 285 g/mol. The summed E-state index contributed by atoms with van der Waals surface area (Å²) in [6.45, 7) is 2.30. The van der Waals surface area contributed by atoms with Crippen molar-refractivity contribution in [2.75, 3.05) is 26.7 Å². The van der Waals surface area contributed by atoms with Crippen molar-refractivity contribution in [3.05, 3.63) is 29.7 Å². The maximum Gasteiger partial charge on any atom is 0.213 e. The minimum Gasteiger partial charge on any atom is -0.481 e. The lowest BCUT2D eigenvalue weighted by Crippen LogP contribution is -2.39. The number of hydrogen-bond acceptors (Lipinski definition) is 5. The van der Waals surface area contributed by atoms with E-state index in [1.165, 1.54) is 13.3 Å². The van der Waals surface area contributed by atoms with Crippen molar-refractivity contribution in [3.63, 3.8) is 0 Å². The summed E-state index contributed by atoms with van der Waals surface area (Å²) >= 11 is 0. The van der Waals surface area contributed by atoms with Crippen LogP contribution < -0.4 is 4.74 Å². The van der Waals surface area contributed by atoms with E-state index in [0.717, 1.165) is 19.4 Å². The lowest BCUT2D eigenvalue weighted by molar-refractivity contribution is 0.0713. The van der Waals surface area contributed by atoms with Gasteiger partial charge in [-0.05, 0) is 31.9 Å². The van der Waals surface area contributed by atoms with Crippen molar-refractivity contribution in [2.24, 2.45) is 0 Å². The minimum absolute atomic E-state index is 0.272. The van der Waals surface area contributed by atoms with Crippen LogP contribution in [-0.4, -0.2) is 52.8 Å². The minimum atomic E-state index is -0.342. The molecular formula is C16H20FN3O2. The van der Waals surface area contributed by atoms with Gasteiger partial charge < -0.3 is 14.7 Å². The van der Waals surface area contributed by atoms with Gasteiger partial charge in [0.15, 0.2) is 0 Å². The van der Waals surface area contributed by atoms with Crippen LogP contribution in [0.4, 0.5) is 4.39 Å². The number of β-amino-alcohol motifs (C(OH)–C–C–N with tert-alkyl or cyclic N) is 1. The van der Waals surface area contributed by atoms with Crippen LogP contribution in [0.2, 0.25) is 0 Å². The van der Waals surface area contributed by atoms with E-state index in [2.05, 4.69) is 14.9 Å². The Hall–Kier alpha value is -1.79. The normalized spacial score (nSPS) is 19.5. The van der Waals surface area contributed by atoms with E-state index in [0.29, 0.717) is 42.0 Å². The molecule has 1 saturated heterocycles. The summed E-state index contributed by atoms with van der Waals surface area (Å²) in [7, 11) is 1.54. The molecule has 1 aliphatic rings. The van der Waals surface area contributed by atoms with E-state index < -0.39 is 0 Å². The second kappa shape index (κ2) is 6.54. The van der Waals surface area contributed by atoms with Crippen molar-refractivity contribution >= 4 is 11.0 Å². The molecule has 2 aromatic heterocycles. The molecule has 3 heterocycles. The number of rotatable bonds is 4. The molecule has 5 nitrogen and oxygen atoms in total. The maximum atomic E-state index is 14.2. The van der Waals surface area contributed by atoms with E-state index in [-0.39, 0.29) is 11.9 Å². The smallest absolute Gasteiger partial charge is 0.213 e. The van der Waals surface area contributed by atoms with Crippen LogP contribution in [-0.2, 0) is 6.42 Å². The number of piperidine rings is 1. The Morgan fingerprint density at radius 3 is 3.09 bits per heavy atom. The molecule has 1 atom stereocenters. The first kappa shape index (κ1) is 15.1. The molecule has 6 heteroatoms. The van der Waals surface area contributed by atoms with Gasteiger partial charge in [0.1, 0.15) is 5.82 Å². The quantitative estimate of drug-likeness (QED) is 0.933. The number of methoxy groups -OCH3 is 1. The number of aliphatic hydroxyl groups excluding tert-OH is 1. The van der Waals surface area contributed by atoms with E-state index in [1.807, 2.05) is 0 Å². The number of ether oxygens (including phenoxy) is 1. The maximum absolute atomic E-state index is 14.2. The molecule has 1 aliphatic heterocycles. The number of fused-ring (bicyclic) bond motifs is 1. The van der Waals surface area contributed by atoms with Gasteiger partial charge >= 0.3 is 0 Å². The van der Waals surface area contributed by atoms with Crippen molar-refractivity contribution < 1.29 is 14.2 Å². The molecule has 1 fully saturated rings. The molecule has 0 radical (unpaired) electrons.